The second kappa shape index (κ2) is 9.34. The summed E-state index contributed by atoms with van der Waals surface area (Å²) in [6, 6.07) is 9.27. The smallest absolute Gasteiger partial charge is 0.260 e. The number of carbonyl (C=O) groups excluding carboxylic acids is 2. The van der Waals surface area contributed by atoms with E-state index in [1.807, 2.05) is 35.2 Å². The van der Waals surface area contributed by atoms with E-state index in [1.54, 1.807) is 18.7 Å². The third kappa shape index (κ3) is 5.31. The minimum absolute atomic E-state index is 0.00105. The lowest BCUT2D eigenvalue weighted by molar-refractivity contribution is -0.139. The molecule has 1 aliphatic rings. The van der Waals surface area contributed by atoms with E-state index in [0.717, 1.165) is 12.8 Å². The third-order valence-electron chi connectivity index (χ3n) is 4.85. The van der Waals surface area contributed by atoms with Gasteiger partial charge in [-0.15, -0.1) is 0 Å². The Balaban J connectivity index is 1.55. The molecule has 150 valence electrons. The van der Waals surface area contributed by atoms with Crippen LogP contribution in [0.2, 0.25) is 0 Å². The highest BCUT2D eigenvalue weighted by molar-refractivity contribution is 5.78. The van der Waals surface area contributed by atoms with E-state index in [4.69, 9.17) is 9.26 Å². The van der Waals surface area contributed by atoms with Crippen molar-refractivity contribution in [1.29, 1.82) is 0 Å². The lowest BCUT2D eigenvalue weighted by Gasteiger charge is -2.39. The highest BCUT2D eigenvalue weighted by atomic mass is 16.5. The number of aromatic nitrogens is 2. The van der Waals surface area contributed by atoms with Gasteiger partial charge in [-0.1, -0.05) is 23.4 Å². The van der Waals surface area contributed by atoms with Gasteiger partial charge in [0.2, 0.25) is 11.8 Å². The first-order chi connectivity index (χ1) is 13.5. The van der Waals surface area contributed by atoms with Crippen LogP contribution in [0.5, 0.6) is 5.75 Å². The standard InChI is InChI=1S/C20H26N4O4/c1-15-21-19(22-28-15)10-12-24(16(2)25)17-7-6-11-23(13-17)20(26)14-27-18-8-4-3-5-9-18/h3-5,8-9,17H,6-7,10-14H2,1-2H3. The molecule has 0 bridgehead atoms. The van der Waals surface area contributed by atoms with Crippen LogP contribution in [-0.2, 0) is 16.0 Å². The van der Waals surface area contributed by atoms with Gasteiger partial charge in [-0.2, -0.15) is 4.98 Å². The van der Waals surface area contributed by atoms with Crippen molar-refractivity contribution in [3.8, 4) is 5.75 Å². The van der Waals surface area contributed by atoms with Crippen LogP contribution in [0.15, 0.2) is 34.9 Å². The predicted molar refractivity (Wildman–Crippen MR) is 102 cm³/mol. The number of benzene rings is 1. The summed E-state index contributed by atoms with van der Waals surface area (Å²) in [7, 11) is 0. The summed E-state index contributed by atoms with van der Waals surface area (Å²) in [5.74, 6) is 1.69. The SMILES string of the molecule is CC(=O)N(CCc1noc(C)n1)C1CCCN(C(=O)COc2ccccc2)C1. The molecule has 1 unspecified atom stereocenters. The van der Waals surface area contributed by atoms with Crippen molar-refractivity contribution in [1.82, 2.24) is 19.9 Å². The van der Waals surface area contributed by atoms with Gasteiger partial charge < -0.3 is 19.1 Å². The van der Waals surface area contributed by atoms with Crippen LogP contribution < -0.4 is 4.74 Å². The Labute approximate surface area is 164 Å². The summed E-state index contributed by atoms with van der Waals surface area (Å²) in [5.41, 5.74) is 0. The van der Waals surface area contributed by atoms with Gasteiger partial charge in [-0.3, -0.25) is 9.59 Å². The Bertz CT molecular complexity index is 793. The number of likely N-dealkylation sites (tertiary alicyclic amines) is 1. The molecule has 0 aliphatic carbocycles. The molecule has 2 amide bonds. The summed E-state index contributed by atoms with van der Waals surface area (Å²) in [5, 5.41) is 3.88. The molecule has 1 fully saturated rings. The van der Waals surface area contributed by atoms with Crippen molar-refractivity contribution in [2.45, 2.75) is 39.2 Å². The van der Waals surface area contributed by atoms with E-state index >= 15 is 0 Å². The molecule has 8 heteroatoms. The number of para-hydroxylation sites is 1. The number of hydrogen-bond donors (Lipinski definition) is 0. The van der Waals surface area contributed by atoms with Gasteiger partial charge in [0.05, 0.1) is 0 Å². The first kappa shape index (κ1) is 19.9. The predicted octanol–water partition coefficient (Wildman–Crippen LogP) is 1.84. The Kier molecular flexibility index (Phi) is 6.62. The van der Waals surface area contributed by atoms with E-state index in [0.29, 0.717) is 43.5 Å². The first-order valence-corrected chi connectivity index (χ1v) is 9.55. The zero-order valence-corrected chi connectivity index (χ0v) is 16.3. The third-order valence-corrected chi connectivity index (χ3v) is 4.85. The second-order valence-electron chi connectivity index (χ2n) is 6.93. The normalized spacial score (nSPS) is 16.6. The molecule has 1 aromatic carbocycles. The molecule has 1 atom stereocenters. The monoisotopic (exact) mass is 386 g/mol. The minimum atomic E-state index is -0.0640. The summed E-state index contributed by atoms with van der Waals surface area (Å²) < 4.78 is 10.6. The van der Waals surface area contributed by atoms with Gasteiger partial charge in [0, 0.05) is 45.9 Å². The lowest BCUT2D eigenvalue weighted by atomic mass is 10.0. The fourth-order valence-corrected chi connectivity index (χ4v) is 3.45. The highest BCUT2D eigenvalue weighted by Crippen LogP contribution is 2.18. The van der Waals surface area contributed by atoms with Crippen LogP contribution in [0, 0.1) is 6.92 Å². The van der Waals surface area contributed by atoms with Crippen molar-refractivity contribution >= 4 is 11.8 Å². The van der Waals surface area contributed by atoms with Crippen molar-refractivity contribution in [2.75, 3.05) is 26.2 Å². The van der Waals surface area contributed by atoms with Crippen LogP contribution in [0.3, 0.4) is 0 Å². The zero-order chi connectivity index (χ0) is 19.9. The number of aryl methyl sites for hydroxylation is 1. The highest BCUT2D eigenvalue weighted by Gasteiger charge is 2.29. The number of nitrogens with zero attached hydrogens (tertiary/aromatic N) is 4. The van der Waals surface area contributed by atoms with Crippen LogP contribution in [0.25, 0.3) is 0 Å². The molecule has 0 radical (unpaired) electrons. The Morgan fingerprint density at radius 1 is 1.32 bits per heavy atom. The first-order valence-electron chi connectivity index (χ1n) is 9.55. The van der Waals surface area contributed by atoms with E-state index in [-0.39, 0.29) is 24.5 Å². The summed E-state index contributed by atoms with van der Waals surface area (Å²) >= 11 is 0. The maximum atomic E-state index is 12.6. The number of piperidine rings is 1. The summed E-state index contributed by atoms with van der Waals surface area (Å²) in [4.78, 5) is 32.5. The zero-order valence-electron chi connectivity index (χ0n) is 16.3. The van der Waals surface area contributed by atoms with Crippen LogP contribution in [0.4, 0.5) is 0 Å². The average molecular weight is 386 g/mol. The number of rotatable bonds is 7. The number of ether oxygens (including phenoxy) is 1. The topological polar surface area (TPSA) is 88.8 Å². The quantitative estimate of drug-likeness (QED) is 0.721. The lowest BCUT2D eigenvalue weighted by Crippen LogP contribution is -2.52. The molecule has 0 saturated carbocycles. The maximum absolute atomic E-state index is 12.6. The number of carbonyl (C=O) groups is 2. The van der Waals surface area contributed by atoms with Gasteiger partial charge in [0.1, 0.15) is 5.75 Å². The molecular formula is C20H26N4O4. The summed E-state index contributed by atoms with van der Waals surface area (Å²) in [6.07, 6.45) is 2.25. The molecule has 2 heterocycles. The van der Waals surface area contributed by atoms with Gasteiger partial charge in [0.15, 0.2) is 12.4 Å². The van der Waals surface area contributed by atoms with Crippen LogP contribution >= 0.6 is 0 Å². The van der Waals surface area contributed by atoms with Crippen LogP contribution in [0.1, 0.15) is 31.5 Å². The van der Waals surface area contributed by atoms with Gasteiger partial charge in [-0.05, 0) is 25.0 Å². The van der Waals surface area contributed by atoms with Crippen molar-refractivity contribution in [3.63, 3.8) is 0 Å². The maximum Gasteiger partial charge on any atom is 0.260 e. The van der Waals surface area contributed by atoms with E-state index in [9.17, 15) is 9.59 Å². The molecule has 1 saturated heterocycles. The molecule has 3 rings (SSSR count). The summed E-state index contributed by atoms with van der Waals surface area (Å²) in [6.45, 7) is 4.99. The molecule has 28 heavy (non-hydrogen) atoms. The van der Waals surface area contributed by atoms with Gasteiger partial charge in [-0.25, -0.2) is 0 Å². The number of hydrogen-bond acceptors (Lipinski definition) is 6. The Morgan fingerprint density at radius 3 is 2.79 bits per heavy atom. The molecule has 1 aliphatic heterocycles. The Hall–Kier alpha value is -2.90. The van der Waals surface area contributed by atoms with E-state index in [2.05, 4.69) is 10.1 Å². The Morgan fingerprint density at radius 2 is 2.11 bits per heavy atom. The van der Waals surface area contributed by atoms with E-state index < -0.39 is 0 Å². The van der Waals surface area contributed by atoms with Crippen molar-refractivity contribution in [2.24, 2.45) is 0 Å². The van der Waals surface area contributed by atoms with Gasteiger partial charge >= 0.3 is 0 Å². The minimum Gasteiger partial charge on any atom is -0.484 e. The fourth-order valence-electron chi connectivity index (χ4n) is 3.45. The molecule has 2 aromatic rings. The van der Waals surface area contributed by atoms with Crippen molar-refractivity contribution in [3.05, 3.63) is 42.0 Å². The molecule has 1 aromatic heterocycles. The second-order valence-corrected chi connectivity index (χ2v) is 6.93. The number of amides is 2. The largest absolute Gasteiger partial charge is 0.484 e. The van der Waals surface area contributed by atoms with Crippen molar-refractivity contribution < 1.29 is 18.8 Å². The van der Waals surface area contributed by atoms with E-state index in [1.165, 1.54) is 0 Å². The van der Waals surface area contributed by atoms with Gasteiger partial charge in [0.25, 0.3) is 5.91 Å². The molecule has 0 spiro atoms. The molecular weight excluding hydrogens is 360 g/mol. The fraction of sp³-hybridized carbons (Fsp3) is 0.500. The van der Waals surface area contributed by atoms with Crippen LogP contribution in [-0.4, -0.2) is 64.0 Å². The molecule has 0 N–H and O–H groups in total. The average Bonchev–Trinajstić information content (AvgIpc) is 3.12. The molecule has 8 nitrogen and oxygen atoms in total.